The Labute approximate surface area is 313 Å². The van der Waals surface area contributed by atoms with Crippen LogP contribution in [0.3, 0.4) is 0 Å². The van der Waals surface area contributed by atoms with E-state index in [1.165, 1.54) is 93.4 Å². The van der Waals surface area contributed by atoms with Crippen LogP contribution in [0.4, 0.5) is 5.69 Å². The molecule has 0 bridgehead atoms. The van der Waals surface area contributed by atoms with Gasteiger partial charge in [-0.1, -0.05) is 146 Å². The highest BCUT2D eigenvalue weighted by molar-refractivity contribution is 6.29. The monoisotopic (exact) mass is 689 g/mol. The lowest BCUT2D eigenvalue weighted by Crippen LogP contribution is -2.36. The minimum absolute atomic E-state index is 0.00793. The summed E-state index contributed by atoms with van der Waals surface area (Å²) in [6.07, 6.45) is 1.91. The Morgan fingerprint density at radius 3 is 2.07 bits per heavy atom. The average molecular weight is 690 g/mol. The zero-order valence-electron chi connectivity index (χ0n) is 29.6. The second kappa shape index (κ2) is 11.4. The molecule has 12 rings (SSSR count). The fraction of sp³-hybridized carbons (Fsp3) is 0.0784. The van der Waals surface area contributed by atoms with Crippen molar-refractivity contribution in [2.75, 3.05) is 0 Å². The molecule has 2 aliphatic rings. The zero-order valence-corrected chi connectivity index (χ0v) is 29.6. The number of aliphatic imine (C=N–C) groups is 1. The first-order chi connectivity index (χ1) is 26.8. The molecule has 3 heteroatoms. The maximum Gasteiger partial charge on any atom is 0.111 e. The number of benzene rings is 8. The minimum atomic E-state index is -0.00793. The molecule has 3 nitrogen and oxygen atoms in total. The van der Waals surface area contributed by atoms with Crippen LogP contribution in [0.15, 0.2) is 175 Å². The van der Waals surface area contributed by atoms with Crippen molar-refractivity contribution in [3.63, 3.8) is 0 Å². The number of para-hydroxylation sites is 3. The first-order valence-corrected chi connectivity index (χ1v) is 19.1. The first kappa shape index (κ1) is 29.8. The molecular formula is C51H35N3. The zero-order chi connectivity index (χ0) is 35.3. The van der Waals surface area contributed by atoms with Gasteiger partial charge in [0, 0.05) is 33.0 Å². The maximum absolute atomic E-state index is 5.47. The number of aryl methyl sites for hydroxylation is 1. The van der Waals surface area contributed by atoms with E-state index >= 15 is 0 Å². The van der Waals surface area contributed by atoms with Gasteiger partial charge in [-0.2, -0.15) is 0 Å². The molecule has 1 aliphatic heterocycles. The molecule has 2 aromatic heterocycles. The molecule has 1 unspecified atom stereocenters. The summed E-state index contributed by atoms with van der Waals surface area (Å²) in [5.74, 6) is 1.13. The van der Waals surface area contributed by atoms with Crippen LogP contribution >= 0.6 is 0 Å². The van der Waals surface area contributed by atoms with Crippen LogP contribution in [0.5, 0.6) is 0 Å². The Morgan fingerprint density at radius 1 is 0.537 bits per heavy atom. The van der Waals surface area contributed by atoms with Crippen LogP contribution in [0.2, 0.25) is 0 Å². The summed E-state index contributed by atoms with van der Waals surface area (Å²) >= 11 is 0. The lowest BCUT2D eigenvalue weighted by atomic mass is 9.84. The van der Waals surface area contributed by atoms with Crippen LogP contribution in [0, 0.1) is 0 Å². The summed E-state index contributed by atoms with van der Waals surface area (Å²) in [5.41, 5.74) is 15.3. The van der Waals surface area contributed by atoms with Gasteiger partial charge >= 0.3 is 0 Å². The summed E-state index contributed by atoms with van der Waals surface area (Å²) in [6, 6.07) is 62.5. The van der Waals surface area contributed by atoms with Crippen molar-refractivity contribution in [2.45, 2.75) is 24.8 Å². The quantitative estimate of drug-likeness (QED) is 0.197. The Hall–Kier alpha value is -6.71. The van der Waals surface area contributed by atoms with Gasteiger partial charge in [0.1, 0.15) is 5.84 Å². The second-order valence-electron chi connectivity index (χ2n) is 15.0. The number of rotatable bonds is 3. The standard InChI is InChI=1S/C51H35N3/c1-2-12-31(13-3-1)32-22-24-34(25-23-32)49-40-17-6-9-19-43(40)52-51(53-49)39-29-27-35-30-42-37-16-7-10-20-44(37)54-45-21-11-8-18-41(45)48(50(42)54)46(35)47-36-15-5-4-14-33(36)26-28-38(39)47/h1-26,28,30,39,49H,27,29H2,(H,52,53)/t39-,49?/m1/s1. The number of fused-ring (bicyclic) bond motifs is 13. The molecule has 10 aromatic rings. The van der Waals surface area contributed by atoms with E-state index in [0.717, 1.165) is 24.4 Å². The smallest absolute Gasteiger partial charge is 0.111 e. The molecule has 0 fully saturated rings. The van der Waals surface area contributed by atoms with Crippen molar-refractivity contribution < 1.29 is 0 Å². The van der Waals surface area contributed by atoms with E-state index in [9.17, 15) is 0 Å². The van der Waals surface area contributed by atoms with Gasteiger partial charge in [0.2, 0.25) is 0 Å². The topological polar surface area (TPSA) is 28.8 Å². The molecule has 8 aromatic carbocycles. The fourth-order valence-electron chi connectivity index (χ4n) is 9.82. The van der Waals surface area contributed by atoms with Gasteiger partial charge in [-0.15, -0.1) is 0 Å². The normalized spacial score (nSPS) is 16.6. The van der Waals surface area contributed by atoms with Crippen molar-refractivity contribution in [2.24, 2.45) is 4.99 Å². The van der Waals surface area contributed by atoms with E-state index in [-0.39, 0.29) is 12.0 Å². The highest BCUT2D eigenvalue weighted by atomic mass is 15.1. The van der Waals surface area contributed by atoms with Gasteiger partial charge in [0.25, 0.3) is 0 Å². The molecule has 1 N–H and O–H groups in total. The molecule has 0 spiro atoms. The van der Waals surface area contributed by atoms with E-state index in [1.807, 2.05) is 0 Å². The van der Waals surface area contributed by atoms with Crippen molar-refractivity contribution in [1.29, 1.82) is 0 Å². The van der Waals surface area contributed by atoms with Gasteiger partial charge < -0.3 is 9.72 Å². The fourth-order valence-corrected chi connectivity index (χ4v) is 9.82. The third-order valence-electron chi connectivity index (χ3n) is 12.2. The SMILES string of the molecule is c1ccc(-c2ccc(C3NC([C@@H]4CCc5cc6c7ccccc7n7c8ccccc8c(c5-c5c4ccc4ccccc54)c67)=Nc4ccccc43)cc2)cc1. The third-order valence-corrected chi connectivity index (χ3v) is 12.2. The number of amidine groups is 1. The molecule has 3 heterocycles. The predicted molar refractivity (Wildman–Crippen MR) is 225 cm³/mol. The molecule has 0 radical (unpaired) electrons. The van der Waals surface area contributed by atoms with Gasteiger partial charge in [0.05, 0.1) is 28.3 Å². The van der Waals surface area contributed by atoms with E-state index in [1.54, 1.807) is 0 Å². The van der Waals surface area contributed by atoms with Gasteiger partial charge in [-0.3, -0.25) is 0 Å². The van der Waals surface area contributed by atoms with Crippen LogP contribution in [0.25, 0.3) is 71.1 Å². The Morgan fingerprint density at radius 2 is 1.22 bits per heavy atom. The summed E-state index contributed by atoms with van der Waals surface area (Å²) < 4.78 is 2.51. The van der Waals surface area contributed by atoms with Gasteiger partial charge in [-0.25, -0.2) is 4.99 Å². The van der Waals surface area contributed by atoms with Gasteiger partial charge in [-0.05, 0) is 86.8 Å². The lowest BCUT2D eigenvalue weighted by molar-refractivity contribution is 0.684. The number of nitrogens with zero attached hydrogens (tertiary/aromatic N) is 2. The van der Waals surface area contributed by atoms with E-state index < -0.39 is 0 Å². The van der Waals surface area contributed by atoms with E-state index in [2.05, 4.69) is 180 Å². The van der Waals surface area contributed by atoms with Crippen LogP contribution in [-0.2, 0) is 6.42 Å². The van der Waals surface area contributed by atoms with Crippen molar-refractivity contribution in [3.8, 4) is 22.3 Å². The van der Waals surface area contributed by atoms with Crippen LogP contribution in [0.1, 0.15) is 40.6 Å². The molecule has 0 saturated carbocycles. The number of aromatic nitrogens is 1. The average Bonchev–Trinajstić information content (AvgIpc) is 3.69. The molecular weight excluding hydrogens is 655 g/mol. The summed E-state index contributed by atoms with van der Waals surface area (Å²) in [6.45, 7) is 0. The molecule has 54 heavy (non-hydrogen) atoms. The minimum Gasteiger partial charge on any atom is -0.362 e. The Balaban J connectivity index is 1.08. The van der Waals surface area contributed by atoms with E-state index in [4.69, 9.17) is 4.99 Å². The summed E-state index contributed by atoms with van der Waals surface area (Å²) in [4.78, 5) is 5.47. The Kier molecular flexibility index (Phi) is 6.29. The summed E-state index contributed by atoms with van der Waals surface area (Å²) in [7, 11) is 0. The predicted octanol–water partition coefficient (Wildman–Crippen LogP) is 12.8. The molecule has 254 valence electrons. The van der Waals surface area contributed by atoms with Gasteiger partial charge in [0.15, 0.2) is 0 Å². The Bertz CT molecular complexity index is 3130. The number of nitrogens with one attached hydrogen (secondary N) is 1. The lowest BCUT2D eigenvalue weighted by Gasteiger charge is -2.32. The third kappa shape index (κ3) is 4.21. The number of hydrogen-bond donors (Lipinski definition) is 1. The second-order valence-corrected chi connectivity index (χ2v) is 15.0. The highest BCUT2D eigenvalue weighted by Crippen LogP contribution is 2.51. The first-order valence-electron chi connectivity index (χ1n) is 19.1. The number of hydrogen-bond acceptors (Lipinski definition) is 2. The van der Waals surface area contributed by atoms with Crippen molar-refractivity contribution in [1.82, 2.24) is 9.72 Å². The van der Waals surface area contributed by atoms with Crippen molar-refractivity contribution >= 4 is 60.4 Å². The maximum atomic E-state index is 5.47. The highest BCUT2D eigenvalue weighted by Gasteiger charge is 2.34. The molecule has 2 atom stereocenters. The summed E-state index contributed by atoms with van der Waals surface area (Å²) in [5, 5.41) is 12.0. The molecule has 0 saturated heterocycles. The molecule has 1 aliphatic carbocycles. The largest absolute Gasteiger partial charge is 0.362 e. The van der Waals surface area contributed by atoms with Crippen LogP contribution in [-0.4, -0.2) is 10.2 Å². The van der Waals surface area contributed by atoms with Crippen LogP contribution < -0.4 is 5.32 Å². The van der Waals surface area contributed by atoms with Crippen molar-refractivity contribution in [3.05, 3.63) is 192 Å². The molecule has 0 amide bonds. The van der Waals surface area contributed by atoms with E-state index in [0.29, 0.717) is 0 Å².